The highest BCUT2D eigenvalue weighted by molar-refractivity contribution is 4.87. The predicted octanol–water partition coefficient (Wildman–Crippen LogP) is 4.92. The molecule has 0 saturated carbocycles. The van der Waals surface area contributed by atoms with E-state index < -0.39 is 12.3 Å². The quantitative estimate of drug-likeness (QED) is 0.725. The third-order valence-corrected chi connectivity index (χ3v) is 5.82. The molecule has 0 aromatic carbocycles. The van der Waals surface area contributed by atoms with Gasteiger partial charge in [-0.15, -0.1) is 0 Å². The third-order valence-electron chi connectivity index (χ3n) is 5.82. The Bertz CT molecular complexity index is 368. The fourth-order valence-corrected chi connectivity index (χ4v) is 4.48. The molecule has 2 fully saturated rings. The van der Waals surface area contributed by atoms with Crippen LogP contribution in [0.3, 0.4) is 0 Å². The summed E-state index contributed by atoms with van der Waals surface area (Å²) in [5, 5.41) is 0. The molecule has 23 heavy (non-hydrogen) atoms. The van der Waals surface area contributed by atoms with Crippen LogP contribution in [0.1, 0.15) is 47.0 Å². The monoisotopic (exact) mass is 336 g/mol. The van der Waals surface area contributed by atoms with Crippen LogP contribution in [0.2, 0.25) is 0 Å². The maximum atomic E-state index is 13.0. The van der Waals surface area contributed by atoms with E-state index in [0.29, 0.717) is 17.8 Å². The van der Waals surface area contributed by atoms with Crippen LogP contribution in [0.4, 0.5) is 13.2 Å². The maximum Gasteiger partial charge on any atom is 0.414 e. The molecule has 0 aliphatic carbocycles. The standard InChI is InChI=1S/C18H31F3O2/c1-11(2)15-5-6-22-9-13(15)7-14-10-23-17(18(19,20)21)8-16(14)12(3)4/h11-17H,5-10H2,1-4H3. The molecule has 2 nitrogen and oxygen atoms in total. The average molecular weight is 336 g/mol. The Hall–Kier alpha value is -0.290. The first-order valence-corrected chi connectivity index (χ1v) is 8.96. The van der Waals surface area contributed by atoms with Crippen molar-refractivity contribution in [2.45, 2.75) is 59.2 Å². The number of hydrogen-bond donors (Lipinski definition) is 0. The van der Waals surface area contributed by atoms with Crippen molar-refractivity contribution in [1.82, 2.24) is 0 Å². The second kappa shape index (κ2) is 7.73. The molecule has 5 atom stereocenters. The van der Waals surface area contributed by atoms with Crippen LogP contribution < -0.4 is 0 Å². The summed E-state index contributed by atoms with van der Waals surface area (Å²) in [7, 11) is 0. The average Bonchev–Trinajstić information content (AvgIpc) is 2.46. The van der Waals surface area contributed by atoms with E-state index in [9.17, 15) is 13.2 Å². The maximum absolute atomic E-state index is 13.0. The Morgan fingerprint density at radius 2 is 1.57 bits per heavy atom. The summed E-state index contributed by atoms with van der Waals surface area (Å²) in [6.07, 6.45) is -3.74. The van der Waals surface area contributed by atoms with Gasteiger partial charge < -0.3 is 9.47 Å². The molecular formula is C18H31F3O2. The fourth-order valence-electron chi connectivity index (χ4n) is 4.48. The van der Waals surface area contributed by atoms with Gasteiger partial charge in [-0.3, -0.25) is 0 Å². The van der Waals surface area contributed by atoms with Crippen molar-refractivity contribution in [2.24, 2.45) is 35.5 Å². The number of ether oxygens (including phenoxy) is 2. The lowest BCUT2D eigenvalue weighted by Gasteiger charge is -2.43. The topological polar surface area (TPSA) is 18.5 Å². The molecule has 2 rings (SSSR count). The van der Waals surface area contributed by atoms with Gasteiger partial charge in [0.2, 0.25) is 0 Å². The molecule has 2 heterocycles. The molecule has 0 aromatic heterocycles. The lowest BCUT2D eigenvalue weighted by atomic mass is 9.70. The summed E-state index contributed by atoms with van der Waals surface area (Å²) in [5.74, 6) is 2.18. The highest BCUT2D eigenvalue weighted by Crippen LogP contribution is 2.43. The van der Waals surface area contributed by atoms with Crippen molar-refractivity contribution < 1.29 is 22.6 Å². The van der Waals surface area contributed by atoms with Crippen LogP contribution in [-0.4, -0.2) is 32.1 Å². The SMILES string of the molecule is CC(C)C1CCOCC1CC1COC(C(F)(F)F)CC1C(C)C. The molecule has 5 heteroatoms. The van der Waals surface area contributed by atoms with Crippen molar-refractivity contribution in [1.29, 1.82) is 0 Å². The zero-order valence-corrected chi connectivity index (χ0v) is 14.7. The first-order valence-electron chi connectivity index (χ1n) is 8.96. The number of halogens is 3. The molecular weight excluding hydrogens is 305 g/mol. The summed E-state index contributed by atoms with van der Waals surface area (Å²) in [5.41, 5.74) is 0. The van der Waals surface area contributed by atoms with Crippen LogP contribution in [0, 0.1) is 35.5 Å². The molecule has 0 amide bonds. The van der Waals surface area contributed by atoms with Gasteiger partial charge in [0, 0.05) is 13.2 Å². The minimum absolute atomic E-state index is 0.0742. The highest BCUT2D eigenvalue weighted by atomic mass is 19.4. The summed E-state index contributed by atoms with van der Waals surface area (Å²) < 4.78 is 49.8. The van der Waals surface area contributed by atoms with Gasteiger partial charge in [0.1, 0.15) is 0 Å². The summed E-state index contributed by atoms with van der Waals surface area (Å²) in [6.45, 7) is 10.3. The zero-order chi connectivity index (χ0) is 17.2. The molecule has 0 N–H and O–H groups in total. The molecule has 2 aliphatic heterocycles. The van der Waals surface area contributed by atoms with Gasteiger partial charge in [0.25, 0.3) is 0 Å². The van der Waals surface area contributed by atoms with E-state index in [1.54, 1.807) is 0 Å². The van der Waals surface area contributed by atoms with Gasteiger partial charge in [0.05, 0.1) is 6.61 Å². The van der Waals surface area contributed by atoms with Crippen molar-refractivity contribution in [2.75, 3.05) is 19.8 Å². The van der Waals surface area contributed by atoms with E-state index in [0.717, 1.165) is 26.1 Å². The summed E-state index contributed by atoms with van der Waals surface area (Å²) >= 11 is 0. The van der Waals surface area contributed by atoms with E-state index in [1.807, 2.05) is 13.8 Å². The van der Waals surface area contributed by atoms with E-state index in [1.165, 1.54) is 0 Å². The van der Waals surface area contributed by atoms with Crippen molar-refractivity contribution in [3.63, 3.8) is 0 Å². The summed E-state index contributed by atoms with van der Waals surface area (Å²) in [4.78, 5) is 0. The fraction of sp³-hybridized carbons (Fsp3) is 1.00. The zero-order valence-electron chi connectivity index (χ0n) is 14.7. The first-order chi connectivity index (χ1) is 10.7. The molecule has 0 bridgehead atoms. The van der Waals surface area contributed by atoms with E-state index in [-0.39, 0.29) is 30.8 Å². The van der Waals surface area contributed by atoms with Crippen LogP contribution in [0.25, 0.3) is 0 Å². The second-order valence-electron chi connectivity index (χ2n) is 8.03. The first kappa shape index (κ1) is 19.0. The van der Waals surface area contributed by atoms with Crippen LogP contribution >= 0.6 is 0 Å². The van der Waals surface area contributed by atoms with Gasteiger partial charge in [-0.2, -0.15) is 13.2 Å². The van der Waals surface area contributed by atoms with Gasteiger partial charge in [-0.05, 0) is 54.8 Å². The molecule has 0 radical (unpaired) electrons. The number of rotatable bonds is 4. The Morgan fingerprint density at radius 3 is 2.13 bits per heavy atom. The van der Waals surface area contributed by atoms with Gasteiger partial charge in [-0.25, -0.2) is 0 Å². The molecule has 2 aliphatic rings. The van der Waals surface area contributed by atoms with E-state index in [2.05, 4.69) is 13.8 Å². The van der Waals surface area contributed by atoms with Gasteiger partial charge >= 0.3 is 6.18 Å². The van der Waals surface area contributed by atoms with Gasteiger partial charge in [-0.1, -0.05) is 27.7 Å². The Morgan fingerprint density at radius 1 is 0.957 bits per heavy atom. The lowest BCUT2D eigenvalue weighted by Crippen LogP contribution is -2.45. The lowest BCUT2D eigenvalue weighted by molar-refractivity contribution is -0.247. The summed E-state index contributed by atoms with van der Waals surface area (Å²) in [6, 6.07) is 0. The van der Waals surface area contributed by atoms with E-state index in [4.69, 9.17) is 9.47 Å². The minimum atomic E-state index is -4.24. The third kappa shape index (κ3) is 4.85. The Kier molecular flexibility index (Phi) is 6.40. The molecule has 0 spiro atoms. The smallest absolute Gasteiger partial charge is 0.381 e. The van der Waals surface area contributed by atoms with Crippen LogP contribution in [-0.2, 0) is 9.47 Å². The Labute approximate surface area is 138 Å². The highest BCUT2D eigenvalue weighted by Gasteiger charge is 2.47. The largest absolute Gasteiger partial charge is 0.414 e. The number of hydrogen-bond acceptors (Lipinski definition) is 2. The Balaban J connectivity index is 2.03. The second-order valence-corrected chi connectivity index (χ2v) is 8.03. The van der Waals surface area contributed by atoms with Crippen molar-refractivity contribution >= 4 is 0 Å². The number of alkyl halides is 3. The predicted molar refractivity (Wildman–Crippen MR) is 84.1 cm³/mol. The van der Waals surface area contributed by atoms with Crippen molar-refractivity contribution in [3.8, 4) is 0 Å². The molecule has 136 valence electrons. The molecule has 0 aromatic rings. The van der Waals surface area contributed by atoms with Crippen molar-refractivity contribution in [3.05, 3.63) is 0 Å². The molecule has 5 unspecified atom stereocenters. The van der Waals surface area contributed by atoms with Crippen LogP contribution in [0.15, 0.2) is 0 Å². The molecule has 2 saturated heterocycles. The van der Waals surface area contributed by atoms with Crippen LogP contribution in [0.5, 0.6) is 0 Å². The van der Waals surface area contributed by atoms with Gasteiger partial charge in [0.15, 0.2) is 6.10 Å². The van der Waals surface area contributed by atoms with E-state index >= 15 is 0 Å². The minimum Gasteiger partial charge on any atom is -0.381 e. The normalized spacial score (nSPS) is 36.7.